The molecule has 1 aliphatic rings. The van der Waals surface area contributed by atoms with Crippen LogP contribution in [0, 0.1) is 5.92 Å². The largest absolute Gasteiger partial charge is 0.508 e. The van der Waals surface area contributed by atoms with Gasteiger partial charge in [0.25, 0.3) is 0 Å². The summed E-state index contributed by atoms with van der Waals surface area (Å²) in [5.41, 5.74) is 6.48. The summed E-state index contributed by atoms with van der Waals surface area (Å²) < 4.78 is 5.07. The Morgan fingerprint density at radius 3 is 2.69 bits per heavy atom. The molecular formula is C12H17NO3. The van der Waals surface area contributed by atoms with E-state index in [1.165, 1.54) is 6.07 Å². The predicted molar refractivity (Wildman–Crippen MR) is 60.3 cm³/mol. The highest BCUT2D eigenvalue weighted by atomic mass is 16.5. The van der Waals surface area contributed by atoms with Crippen molar-refractivity contribution in [2.45, 2.75) is 25.0 Å². The summed E-state index contributed by atoms with van der Waals surface area (Å²) in [5.74, 6) is 1.01. The molecule has 0 heterocycles. The Balaban J connectivity index is 2.23. The number of ether oxygens (including phenoxy) is 1. The molecule has 0 unspecified atom stereocenters. The molecule has 2 rings (SSSR count). The second kappa shape index (κ2) is 4.31. The average Bonchev–Trinajstić information content (AvgIpc) is 3.12. The van der Waals surface area contributed by atoms with Crippen molar-refractivity contribution in [2.75, 3.05) is 7.11 Å². The zero-order valence-corrected chi connectivity index (χ0v) is 9.26. The quantitative estimate of drug-likeness (QED) is 0.716. The van der Waals surface area contributed by atoms with Crippen LogP contribution < -0.4 is 10.5 Å². The SMILES string of the molecule is COc1ccc(O)c([C@H](N)[C@H](O)C2CC2)c1. The first-order valence-corrected chi connectivity index (χ1v) is 5.44. The van der Waals surface area contributed by atoms with Gasteiger partial charge < -0.3 is 20.7 Å². The summed E-state index contributed by atoms with van der Waals surface area (Å²) in [4.78, 5) is 0. The Hall–Kier alpha value is -1.26. The smallest absolute Gasteiger partial charge is 0.120 e. The fourth-order valence-corrected chi connectivity index (χ4v) is 1.84. The molecular weight excluding hydrogens is 206 g/mol. The van der Waals surface area contributed by atoms with Gasteiger partial charge in [0.2, 0.25) is 0 Å². The van der Waals surface area contributed by atoms with E-state index < -0.39 is 12.1 Å². The van der Waals surface area contributed by atoms with E-state index >= 15 is 0 Å². The highest BCUT2D eigenvalue weighted by Crippen LogP contribution is 2.39. The molecule has 0 amide bonds. The lowest BCUT2D eigenvalue weighted by Gasteiger charge is -2.20. The van der Waals surface area contributed by atoms with Crippen molar-refractivity contribution < 1.29 is 14.9 Å². The van der Waals surface area contributed by atoms with Crippen LogP contribution in [0.1, 0.15) is 24.4 Å². The molecule has 16 heavy (non-hydrogen) atoms. The Labute approximate surface area is 94.7 Å². The third-order valence-corrected chi connectivity index (χ3v) is 3.07. The van der Waals surface area contributed by atoms with Crippen molar-refractivity contribution in [2.24, 2.45) is 11.7 Å². The molecule has 4 nitrogen and oxygen atoms in total. The third-order valence-electron chi connectivity index (χ3n) is 3.07. The first kappa shape index (κ1) is 11.2. The summed E-state index contributed by atoms with van der Waals surface area (Å²) in [6.45, 7) is 0. The zero-order valence-electron chi connectivity index (χ0n) is 9.26. The average molecular weight is 223 g/mol. The van der Waals surface area contributed by atoms with Crippen molar-refractivity contribution in [3.63, 3.8) is 0 Å². The van der Waals surface area contributed by atoms with Crippen molar-refractivity contribution in [3.05, 3.63) is 23.8 Å². The molecule has 4 heteroatoms. The van der Waals surface area contributed by atoms with Gasteiger partial charge in [-0.1, -0.05) is 0 Å². The maximum absolute atomic E-state index is 9.92. The van der Waals surface area contributed by atoms with E-state index in [1.807, 2.05) is 0 Å². The molecule has 1 aromatic rings. The molecule has 2 atom stereocenters. The maximum Gasteiger partial charge on any atom is 0.120 e. The van der Waals surface area contributed by atoms with Gasteiger partial charge in [0.1, 0.15) is 11.5 Å². The fraction of sp³-hybridized carbons (Fsp3) is 0.500. The van der Waals surface area contributed by atoms with Gasteiger partial charge in [-0.2, -0.15) is 0 Å². The number of benzene rings is 1. The van der Waals surface area contributed by atoms with E-state index in [9.17, 15) is 10.2 Å². The number of nitrogens with two attached hydrogens (primary N) is 1. The van der Waals surface area contributed by atoms with Gasteiger partial charge in [-0.15, -0.1) is 0 Å². The van der Waals surface area contributed by atoms with Gasteiger partial charge in [0.15, 0.2) is 0 Å². The van der Waals surface area contributed by atoms with Gasteiger partial charge in [-0.25, -0.2) is 0 Å². The summed E-state index contributed by atoms with van der Waals surface area (Å²) in [5, 5.41) is 19.6. The van der Waals surface area contributed by atoms with Crippen LogP contribution in [-0.4, -0.2) is 23.4 Å². The van der Waals surface area contributed by atoms with Crippen LogP contribution >= 0.6 is 0 Å². The number of hydrogen-bond acceptors (Lipinski definition) is 4. The van der Waals surface area contributed by atoms with Gasteiger partial charge in [-0.05, 0) is 37.0 Å². The van der Waals surface area contributed by atoms with E-state index in [2.05, 4.69) is 0 Å². The second-order valence-corrected chi connectivity index (χ2v) is 4.28. The number of hydrogen-bond donors (Lipinski definition) is 3. The molecule has 1 saturated carbocycles. The fourth-order valence-electron chi connectivity index (χ4n) is 1.84. The molecule has 88 valence electrons. The maximum atomic E-state index is 9.92. The second-order valence-electron chi connectivity index (χ2n) is 4.28. The molecule has 1 aliphatic carbocycles. The Bertz CT molecular complexity index is 377. The number of phenolic OH excluding ortho intramolecular Hbond substituents is 1. The lowest BCUT2D eigenvalue weighted by atomic mass is 9.98. The highest BCUT2D eigenvalue weighted by Gasteiger charge is 2.35. The Morgan fingerprint density at radius 2 is 2.12 bits per heavy atom. The van der Waals surface area contributed by atoms with E-state index in [-0.39, 0.29) is 11.7 Å². The van der Waals surface area contributed by atoms with Gasteiger partial charge in [0, 0.05) is 5.56 Å². The van der Waals surface area contributed by atoms with Crippen LogP contribution in [-0.2, 0) is 0 Å². The molecule has 1 fully saturated rings. The van der Waals surface area contributed by atoms with E-state index in [0.29, 0.717) is 11.3 Å². The van der Waals surface area contributed by atoms with Crippen LogP contribution in [0.15, 0.2) is 18.2 Å². The molecule has 0 aromatic heterocycles. The van der Waals surface area contributed by atoms with Crippen LogP contribution in [0.4, 0.5) is 0 Å². The number of methoxy groups -OCH3 is 1. The van der Waals surface area contributed by atoms with Gasteiger partial charge >= 0.3 is 0 Å². The molecule has 4 N–H and O–H groups in total. The number of phenols is 1. The molecule has 0 spiro atoms. The third kappa shape index (κ3) is 2.13. The van der Waals surface area contributed by atoms with Crippen molar-refractivity contribution in [1.82, 2.24) is 0 Å². The van der Waals surface area contributed by atoms with Crippen molar-refractivity contribution >= 4 is 0 Å². The number of rotatable bonds is 4. The van der Waals surface area contributed by atoms with E-state index in [1.54, 1.807) is 19.2 Å². The minimum absolute atomic E-state index is 0.105. The molecule has 0 aliphatic heterocycles. The molecule has 0 saturated heterocycles. The summed E-state index contributed by atoms with van der Waals surface area (Å²) in [6, 6.07) is 4.32. The number of aliphatic hydroxyl groups is 1. The minimum atomic E-state index is -0.585. The zero-order chi connectivity index (χ0) is 11.7. The monoisotopic (exact) mass is 223 g/mol. The first-order valence-electron chi connectivity index (χ1n) is 5.44. The molecule has 0 radical (unpaired) electrons. The predicted octanol–water partition coefficient (Wildman–Crippen LogP) is 1.17. The van der Waals surface area contributed by atoms with Crippen LogP contribution in [0.25, 0.3) is 0 Å². The lowest BCUT2D eigenvalue weighted by Crippen LogP contribution is -2.27. The minimum Gasteiger partial charge on any atom is -0.508 e. The van der Waals surface area contributed by atoms with E-state index in [4.69, 9.17) is 10.5 Å². The van der Waals surface area contributed by atoms with E-state index in [0.717, 1.165) is 12.8 Å². The Morgan fingerprint density at radius 1 is 1.44 bits per heavy atom. The first-order chi connectivity index (χ1) is 7.63. The number of aromatic hydroxyl groups is 1. The summed E-state index contributed by atoms with van der Waals surface area (Å²) >= 11 is 0. The van der Waals surface area contributed by atoms with Crippen LogP contribution in [0.2, 0.25) is 0 Å². The van der Waals surface area contributed by atoms with Crippen molar-refractivity contribution in [1.29, 1.82) is 0 Å². The van der Waals surface area contributed by atoms with Crippen LogP contribution in [0.3, 0.4) is 0 Å². The highest BCUT2D eigenvalue weighted by molar-refractivity contribution is 5.41. The summed E-state index contributed by atoms with van der Waals surface area (Å²) in [7, 11) is 1.55. The van der Waals surface area contributed by atoms with Crippen LogP contribution in [0.5, 0.6) is 11.5 Å². The van der Waals surface area contributed by atoms with Crippen molar-refractivity contribution in [3.8, 4) is 11.5 Å². The lowest BCUT2D eigenvalue weighted by molar-refractivity contribution is 0.121. The van der Waals surface area contributed by atoms with Gasteiger partial charge in [-0.3, -0.25) is 0 Å². The molecule has 0 bridgehead atoms. The molecule has 1 aromatic carbocycles. The van der Waals surface area contributed by atoms with Gasteiger partial charge in [0.05, 0.1) is 19.3 Å². The number of aliphatic hydroxyl groups excluding tert-OH is 1. The summed E-state index contributed by atoms with van der Waals surface area (Å²) in [6.07, 6.45) is 1.44. The topological polar surface area (TPSA) is 75.7 Å². The standard InChI is InChI=1S/C12H17NO3/c1-16-8-4-5-10(14)9(6-8)11(13)12(15)7-2-3-7/h4-7,11-12,14-15H,2-3,13H2,1H3/t11-,12+/m0/s1. The Kier molecular flexibility index (Phi) is 3.03. The normalized spacial score (nSPS) is 19.2.